The number of amides is 2. The molecule has 2 N–H and O–H groups in total. The predicted molar refractivity (Wildman–Crippen MR) is 73.2 cm³/mol. The average molecular weight is 274 g/mol. The molecule has 0 spiro atoms. The van der Waals surface area contributed by atoms with E-state index in [2.05, 4.69) is 11.8 Å². The molecule has 0 unspecified atom stereocenters. The second kappa shape index (κ2) is 5.06. The average Bonchev–Trinajstić information content (AvgIpc) is 2.58. The zero-order valence-electron chi connectivity index (χ0n) is 11.4. The largest absolute Gasteiger partial charge is 0.320 e. The van der Waals surface area contributed by atoms with E-state index in [0.717, 1.165) is 4.90 Å². The molecule has 1 aliphatic heterocycles. The van der Waals surface area contributed by atoms with Crippen molar-refractivity contribution >= 4 is 17.5 Å². The van der Waals surface area contributed by atoms with Crippen molar-refractivity contribution in [2.24, 2.45) is 11.1 Å². The van der Waals surface area contributed by atoms with Gasteiger partial charge in [0.1, 0.15) is 5.82 Å². The van der Waals surface area contributed by atoms with Crippen LogP contribution in [-0.4, -0.2) is 18.4 Å². The Labute approximate surface area is 116 Å². The Morgan fingerprint density at radius 3 is 2.65 bits per heavy atom. The van der Waals surface area contributed by atoms with Crippen LogP contribution in [0.4, 0.5) is 10.1 Å². The number of benzene rings is 1. The number of imide groups is 1. The van der Waals surface area contributed by atoms with Crippen LogP contribution >= 0.6 is 0 Å². The quantitative estimate of drug-likeness (QED) is 0.622. The van der Waals surface area contributed by atoms with Gasteiger partial charge in [-0.15, -0.1) is 0 Å². The number of hydrogen-bond donors (Lipinski definition) is 1. The molecular weight excluding hydrogens is 259 g/mol. The smallest absolute Gasteiger partial charge is 0.239 e. The van der Waals surface area contributed by atoms with Gasteiger partial charge in [-0.3, -0.25) is 14.5 Å². The molecule has 5 heteroatoms. The number of hydrogen-bond acceptors (Lipinski definition) is 3. The minimum absolute atomic E-state index is 0.109. The molecule has 1 heterocycles. The van der Waals surface area contributed by atoms with Crippen LogP contribution in [0.15, 0.2) is 18.2 Å². The highest BCUT2D eigenvalue weighted by Gasteiger charge is 2.45. The van der Waals surface area contributed by atoms with Gasteiger partial charge in [0.2, 0.25) is 11.8 Å². The summed E-state index contributed by atoms with van der Waals surface area (Å²) in [5.41, 5.74) is 4.99. The lowest BCUT2D eigenvalue weighted by molar-refractivity contribution is -0.124. The van der Waals surface area contributed by atoms with Crippen molar-refractivity contribution in [1.82, 2.24) is 0 Å². The molecule has 2 amide bonds. The minimum Gasteiger partial charge on any atom is -0.320 e. The van der Waals surface area contributed by atoms with Crippen LogP contribution in [0.1, 0.15) is 25.8 Å². The third-order valence-corrected chi connectivity index (χ3v) is 3.16. The lowest BCUT2D eigenvalue weighted by atomic mass is 9.92. The first kappa shape index (κ1) is 14.2. The summed E-state index contributed by atoms with van der Waals surface area (Å²) in [5.74, 6) is 4.06. The molecule has 2 rings (SSSR count). The summed E-state index contributed by atoms with van der Waals surface area (Å²) in [6, 6.07) is 4.00. The molecule has 1 aromatic carbocycles. The Bertz CT molecular complexity index is 641. The van der Waals surface area contributed by atoms with Gasteiger partial charge in [0, 0.05) is 6.42 Å². The van der Waals surface area contributed by atoms with E-state index in [1.807, 2.05) is 0 Å². The van der Waals surface area contributed by atoms with Crippen LogP contribution in [0.2, 0.25) is 0 Å². The normalized spacial score (nSPS) is 17.1. The van der Waals surface area contributed by atoms with Crippen LogP contribution in [0.3, 0.4) is 0 Å². The zero-order chi connectivity index (χ0) is 14.9. The second-order valence-electron chi connectivity index (χ2n) is 5.27. The number of nitrogens with two attached hydrogens (primary N) is 1. The summed E-state index contributed by atoms with van der Waals surface area (Å²) >= 11 is 0. The first-order valence-corrected chi connectivity index (χ1v) is 6.22. The highest BCUT2D eigenvalue weighted by Crippen LogP contribution is 2.35. The standard InChI is InChI=1S/C15H15FN2O2/c1-15(2)9-13(19)18(14(15)20)11-5-6-12(16)10(8-11)4-3-7-17/h5-6,8H,7,9,17H2,1-2H3. The molecule has 1 fully saturated rings. The highest BCUT2D eigenvalue weighted by molar-refractivity contribution is 6.22. The molecule has 1 aliphatic rings. The number of anilines is 1. The number of nitrogens with zero attached hydrogens (tertiary/aromatic N) is 1. The van der Waals surface area contributed by atoms with Gasteiger partial charge in [0.25, 0.3) is 0 Å². The Morgan fingerprint density at radius 1 is 1.40 bits per heavy atom. The molecule has 0 atom stereocenters. The molecule has 0 aromatic heterocycles. The van der Waals surface area contributed by atoms with Crippen molar-refractivity contribution in [3.05, 3.63) is 29.6 Å². The lowest BCUT2D eigenvalue weighted by Gasteiger charge is -2.18. The van der Waals surface area contributed by atoms with Gasteiger partial charge in [0.15, 0.2) is 0 Å². The van der Waals surface area contributed by atoms with Crippen LogP contribution in [0.5, 0.6) is 0 Å². The second-order valence-corrected chi connectivity index (χ2v) is 5.27. The number of halogens is 1. The molecule has 1 saturated heterocycles. The zero-order valence-corrected chi connectivity index (χ0v) is 11.4. The topological polar surface area (TPSA) is 63.4 Å². The van der Waals surface area contributed by atoms with Crippen LogP contribution in [0.25, 0.3) is 0 Å². The fourth-order valence-corrected chi connectivity index (χ4v) is 2.10. The highest BCUT2D eigenvalue weighted by atomic mass is 19.1. The number of carbonyl (C=O) groups excluding carboxylic acids is 2. The summed E-state index contributed by atoms with van der Waals surface area (Å²) in [6.07, 6.45) is 0.146. The maximum atomic E-state index is 13.6. The summed E-state index contributed by atoms with van der Waals surface area (Å²) < 4.78 is 13.6. The molecule has 0 aliphatic carbocycles. The van der Waals surface area contributed by atoms with Crippen LogP contribution < -0.4 is 10.6 Å². The molecule has 0 saturated carbocycles. The third kappa shape index (κ3) is 2.43. The fourth-order valence-electron chi connectivity index (χ4n) is 2.10. The molecule has 104 valence electrons. The van der Waals surface area contributed by atoms with Gasteiger partial charge in [-0.2, -0.15) is 0 Å². The molecule has 0 bridgehead atoms. The molecular formula is C15H15FN2O2. The number of carbonyl (C=O) groups is 2. The Balaban J connectivity index is 2.44. The van der Waals surface area contributed by atoms with Gasteiger partial charge in [0.05, 0.1) is 23.2 Å². The first-order valence-electron chi connectivity index (χ1n) is 6.22. The van der Waals surface area contributed by atoms with E-state index < -0.39 is 11.2 Å². The molecule has 4 nitrogen and oxygen atoms in total. The monoisotopic (exact) mass is 274 g/mol. The van der Waals surface area contributed by atoms with Gasteiger partial charge >= 0.3 is 0 Å². The van der Waals surface area contributed by atoms with E-state index >= 15 is 0 Å². The molecule has 1 aromatic rings. The Kier molecular flexibility index (Phi) is 3.60. The van der Waals surface area contributed by atoms with Gasteiger partial charge in [-0.1, -0.05) is 25.7 Å². The summed E-state index contributed by atoms with van der Waals surface area (Å²) in [7, 11) is 0. The van der Waals surface area contributed by atoms with Crippen LogP contribution in [0, 0.1) is 23.1 Å². The molecule has 20 heavy (non-hydrogen) atoms. The third-order valence-electron chi connectivity index (χ3n) is 3.16. The van der Waals surface area contributed by atoms with Crippen LogP contribution in [-0.2, 0) is 9.59 Å². The predicted octanol–water partition coefficient (Wildman–Crippen LogP) is 1.43. The summed E-state index contributed by atoms with van der Waals surface area (Å²) in [5, 5.41) is 0. The van der Waals surface area contributed by atoms with Gasteiger partial charge in [-0.25, -0.2) is 4.39 Å². The van der Waals surface area contributed by atoms with E-state index in [4.69, 9.17) is 5.73 Å². The number of rotatable bonds is 1. The SMILES string of the molecule is CC1(C)CC(=O)N(c2ccc(F)c(C#CCN)c2)C1=O. The van der Waals surface area contributed by atoms with E-state index in [-0.39, 0.29) is 30.3 Å². The van der Waals surface area contributed by atoms with Crippen molar-refractivity contribution in [2.75, 3.05) is 11.4 Å². The molecule has 0 radical (unpaired) electrons. The van der Waals surface area contributed by atoms with Gasteiger partial charge < -0.3 is 5.73 Å². The maximum absolute atomic E-state index is 13.6. The van der Waals surface area contributed by atoms with Crippen molar-refractivity contribution in [3.8, 4) is 11.8 Å². The fraction of sp³-hybridized carbons (Fsp3) is 0.333. The van der Waals surface area contributed by atoms with Gasteiger partial charge in [-0.05, 0) is 18.2 Å². The van der Waals surface area contributed by atoms with E-state index in [0.29, 0.717) is 5.69 Å². The lowest BCUT2D eigenvalue weighted by Crippen LogP contribution is -2.33. The maximum Gasteiger partial charge on any atom is 0.239 e. The van der Waals surface area contributed by atoms with Crippen molar-refractivity contribution < 1.29 is 14.0 Å². The first-order chi connectivity index (χ1) is 9.36. The van der Waals surface area contributed by atoms with Crippen molar-refractivity contribution in [2.45, 2.75) is 20.3 Å². The minimum atomic E-state index is -0.728. The summed E-state index contributed by atoms with van der Waals surface area (Å²) in [4.78, 5) is 25.3. The van der Waals surface area contributed by atoms with E-state index in [9.17, 15) is 14.0 Å². The summed E-state index contributed by atoms with van der Waals surface area (Å²) in [6.45, 7) is 3.54. The Morgan fingerprint density at radius 2 is 2.10 bits per heavy atom. The Hall–Kier alpha value is -2.19. The van der Waals surface area contributed by atoms with Crippen molar-refractivity contribution in [1.29, 1.82) is 0 Å². The van der Waals surface area contributed by atoms with E-state index in [1.165, 1.54) is 18.2 Å². The van der Waals surface area contributed by atoms with E-state index in [1.54, 1.807) is 13.8 Å². The van der Waals surface area contributed by atoms with Crippen molar-refractivity contribution in [3.63, 3.8) is 0 Å².